The Morgan fingerprint density at radius 2 is 2.15 bits per heavy atom. The van der Waals surface area contributed by atoms with Crippen molar-refractivity contribution in [2.24, 2.45) is 5.92 Å². The largest absolute Gasteiger partial charge is 0.508 e. The lowest BCUT2D eigenvalue weighted by Crippen LogP contribution is -2.45. The van der Waals surface area contributed by atoms with E-state index in [1.807, 2.05) is 17.0 Å². The van der Waals surface area contributed by atoms with Gasteiger partial charge in [-0.25, -0.2) is 4.79 Å². The molecule has 1 amide bonds. The molecule has 0 aliphatic carbocycles. The standard InChI is InChI=1S/C15H20N2O3/c18-13-5-3-11(4-6-13)9-17-14(10-20-15(17)19)12-2-1-7-16-8-12/h3-6,12,14,16,18H,1-2,7-10H2. The smallest absolute Gasteiger partial charge is 0.410 e. The van der Waals surface area contributed by atoms with Gasteiger partial charge in [-0.1, -0.05) is 12.1 Å². The molecule has 0 bridgehead atoms. The lowest BCUT2D eigenvalue weighted by atomic mass is 9.91. The van der Waals surface area contributed by atoms with Crippen LogP contribution in [0.1, 0.15) is 18.4 Å². The second-order valence-electron chi connectivity index (χ2n) is 5.55. The van der Waals surface area contributed by atoms with Crippen molar-refractivity contribution in [2.45, 2.75) is 25.4 Å². The minimum Gasteiger partial charge on any atom is -0.508 e. The van der Waals surface area contributed by atoms with Crippen LogP contribution >= 0.6 is 0 Å². The number of carbonyl (C=O) groups excluding carboxylic acids is 1. The van der Waals surface area contributed by atoms with E-state index in [4.69, 9.17) is 4.74 Å². The third kappa shape index (κ3) is 2.72. The minimum absolute atomic E-state index is 0.157. The maximum Gasteiger partial charge on any atom is 0.410 e. The highest BCUT2D eigenvalue weighted by molar-refractivity contribution is 5.70. The Balaban J connectivity index is 1.71. The first-order valence-electron chi connectivity index (χ1n) is 7.16. The first kappa shape index (κ1) is 13.2. The second-order valence-corrected chi connectivity index (χ2v) is 5.55. The Hall–Kier alpha value is -1.75. The van der Waals surface area contributed by atoms with Crippen LogP contribution < -0.4 is 5.32 Å². The molecule has 0 aromatic heterocycles. The van der Waals surface area contributed by atoms with Crippen LogP contribution in [0.2, 0.25) is 0 Å². The monoisotopic (exact) mass is 276 g/mol. The molecule has 5 nitrogen and oxygen atoms in total. The summed E-state index contributed by atoms with van der Waals surface area (Å²) in [7, 11) is 0. The van der Waals surface area contributed by atoms with Crippen LogP contribution in [0.5, 0.6) is 5.75 Å². The fourth-order valence-corrected chi connectivity index (χ4v) is 3.04. The number of nitrogens with zero attached hydrogens (tertiary/aromatic N) is 1. The maximum absolute atomic E-state index is 11.9. The number of phenolic OH excluding ortho intramolecular Hbond substituents is 1. The predicted molar refractivity (Wildman–Crippen MR) is 74.4 cm³/mol. The summed E-state index contributed by atoms with van der Waals surface area (Å²) in [5.74, 6) is 0.707. The van der Waals surface area contributed by atoms with Gasteiger partial charge < -0.3 is 15.2 Å². The molecule has 2 N–H and O–H groups in total. The molecule has 5 heteroatoms. The predicted octanol–water partition coefficient (Wildman–Crippen LogP) is 1.71. The summed E-state index contributed by atoms with van der Waals surface area (Å²) in [4.78, 5) is 13.8. The molecular formula is C15H20N2O3. The second kappa shape index (κ2) is 5.71. The van der Waals surface area contributed by atoms with Crippen LogP contribution in [0.3, 0.4) is 0 Å². The molecule has 1 aromatic rings. The number of phenols is 1. The lowest BCUT2D eigenvalue weighted by Gasteiger charge is -2.32. The first-order valence-corrected chi connectivity index (χ1v) is 7.16. The zero-order valence-corrected chi connectivity index (χ0v) is 11.4. The Kier molecular flexibility index (Phi) is 3.78. The number of cyclic esters (lactones) is 1. The summed E-state index contributed by atoms with van der Waals surface area (Å²) in [6.07, 6.45) is 2.07. The van der Waals surface area contributed by atoms with Crippen LogP contribution in [0.15, 0.2) is 24.3 Å². The molecule has 0 spiro atoms. The third-order valence-electron chi connectivity index (χ3n) is 4.18. The molecule has 2 unspecified atom stereocenters. The van der Waals surface area contributed by atoms with Crippen molar-refractivity contribution in [1.29, 1.82) is 0 Å². The molecule has 2 aliphatic rings. The highest BCUT2D eigenvalue weighted by Crippen LogP contribution is 2.26. The van der Waals surface area contributed by atoms with Gasteiger partial charge in [0.25, 0.3) is 0 Å². The van der Waals surface area contributed by atoms with E-state index in [1.54, 1.807) is 12.1 Å². The van der Waals surface area contributed by atoms with Gasteiger partial charge >= 0.3 is 6.09 Å². The number of hydrogen-bond donors (Lipinski definition) is 2. The van der Waals surface area contributed by atoms with Gasteiger partial charge in [0.15, 0.2) is 0 Å². The molecule has 2 aliphatic heterocycles. The summed E-state index contributed by atoms with van der Waals surface area (Å²) in [5, 5.41) is 12.7. The zero-order chi connectivity index (χ0) is 13.9. The van der Waals surface area contributed by atoms with Crippen LogP contribution in [0.25, 0.3) is 0 Å². The lowest BCUT2D eigenvalue weighted by molar-refractivity contribution is 0.152. The number of hydrogen-bond acceptors (Lipinski definition) is 4. The zero-order valence-electron chi connectivity index (χ0n) is 11.4. The van der Waals surface area contributed by atoms with Gasteiger partial charge in [-0.2, -0.15) is 0 Å². The quantitative estimate of drug-likeness (QED) is 0.882. The van der Waals surface area contributed by atoms with Gasteiger partial charge in [0, 0.05) is 13.1 Å². The number of carbonyl (C=O) groups is 1. The number of benzene rings is 1. The van der Waals surface area contributed by atoms with Crippen molar-refractivity contribution in [3.63, 3.8) is 0 Å². The molecule has 2 atom stereocenters. The molecule has 2 fully saturated rings. The maximum atomic E-state index is 11.9. The molecular weight excluding hydrogens is 256 g/mol. The number of amides is 1. The molecule has 2 saturated heterocycles. The number of piperidine rings is 1. The molecule has 0 saturated carbocycles. The Morgan fingerprint density at radius 3 is 2.85 bits per heavy atom. The molecule has 0 radical (unpaired) electrons. The number of ether oxygens (including phenoxy) is 1. The average molecular weight is 276 g/mol. The van der Waals surface area contributed by atoms with E-state index in [9.17, 15) is 9.90 Å². The highest BCUT2D eigenvalue weighted by atomic mass is 16.6. The van der Waals surface area contributed by atoms with Crippen molar-refractivity contribution >= 4 is 6.09 Å². The van der Waals surface area contributed by atoms with Crippen LogP contribution in [0.4, 0.5) is 4.79 Å². The van der Waals surface area contributed by atoms with Crippen molar-refractivity contribution < 1.29 is 14.6 Å². The number of nitrogens with one attached hydrogen (secondary N) is 1. The molecule has 1 aromatic carbocycles. The molecule has 108 valence electrons. The topological polar surface area (TPSA) is 61.8 Å². The van der Waals surface area contributed by atoms with Crippen molar-refractivity contribution in [1.82, 2.24) is 10.2 Å². The number of rotatable bonds is 3. The van der Waals surface area contributed by atoms with Gasteiger partial charge in [-0.05, 0) is 43.0 Å². The van der Waals surface area contributed by atoms with E-state index >= 15 is 0 Å². The van der Waals surface area contributed by atoms with Gasteiger partial charge in [-0.3, -0.25) is 4.90 Å². The van der Waals surface area contributed by atoms with E-state index in [2.05, 4.69) is 5.32 Å². The van der Waals surface area contributed by atoms with Crippen molar-refractivity contribution in [2.75, 3.05) is 19.7 Å². The SMILES string of the molecule is O=C1OCC(C2CCCNC2)N1Cc1ccc(O)cc1. The van der Waals surface area contributed by atoms with Crippen LogP contribution in [0, 0.1) is 5.92 Å². The summed E-state index contributed by atoms with van der Waals surface area (Å²) >= 11 is 0. The Morgan fingerprint density at radius 1 is 1.35 bits per heavy atom. The van der Waals surface area contributed by atoms with Gasteiger partial charge in [-0.15, -0.1) is 0 Å². The van der Waals surface area contributed by atoms with Crippen LogP contribution in [-0.2, 0) is 11.3 Å². The number of aromatic hydroxyl groups is 1. The third-order valence-corrected chi connectivity index (χ3v) is 4.18. The molecule has 2 heterocycles. The van der Waals surface area contributed by atoms with E-state index in [0.717, 1.165) is 31.5 Å². The average Bonchev–Trinajstić information content (AvgIpc) is 2.84. The fourth-order valence-electron chi connectivity index (χ4n) is 3.04. The summed E-state index contributed by atoms with van der Waals surface area (Å²) < 4.78 is 5.24. The fraction of sp³-hybridized carbons (Fsp3) is 0.533. The van der Waals surface area contributed by atoms with E-state index in [1.165, 1.54) is 0 Å². The van der Waals surface area contributed by atoms with Crippen molar-refractivity contribution in [3.05, 3.63) is 29.8 Å². The minimum atomic E-state index is -0.228. The normalized spacial score (nSPS) is 26.6. The Labute approximate surface area is 118 Å². The molecule has 3 rings (SSSR count). The van der Waals surface area contributed by atoms with Crippen LogP contribution in [-0.4, -0.2) is 41.8 Å². The Bertz CT molecular complexity index is 469. The van der Waals surface area contributed by atoms with E-state index in [-0.39, 0.29) is 17.9 Å². The summed E-state index contributed by atoms with van der Waals surface area (Å²) in [5.41, 5.74) is 1.01. The summed E-state index contributed by atoms with van der Waals surface area (Å²) in [6.45, 7) is 3.05. The van der Waals surface area contributed by atoms with Gasteiger partial charge in [0.1, 0.15) is 12.4 Å². The molecule has 20 heavy (non-hydrogen) atoms. The van der Waals surface area contributed by atoms with E-state index in [0.29, 0.717) is 19.1 Å². The van der Waals surface area contributed by atoms with Crippen molar-refractivity contribution in [3.8, 4) is 5.75 Å². The highest BCUT2D eigenvalue weighted by Gasteiger charge is 2.38. The first-order chi connectivity index (χ1) is 9.74. The van der Waals surface area contributed by atoms with Gasteiger partial charge in [0.2, 0.25) is 0 Å². The van der Waals surface area contributed by atoms with E-state index < -0.39 is 0 Å². The summed E-state index contributed by atoms with van der Waals surface area (Å²) in [6, 6.07) is 7.14. The van der Waals surface area contributed by atoms with Gasteiger partial charge in [0.05, 0.1) is 6.04 Å².